The highest BCUT2D eigenvalue weighted by Gasteiger charge is 2.05. The molecule has 0 amide bonds. The number of hydrogen-bond donors (Lipinski definition) is 0. The summed E-state index contributed by atoms with van der Waals surface area (Å²) < 4.78 is 0. The highest BCUT2D eigenvalue weighted by Crippen LogP contribution is 2.17. The minimum atomic E-state index is 0.715. The lowest BCUT2D eigenvalue weighted by molar-refractivity contribution is 1.74. The molecular formula is C5H11BS2. The van der Waals surface area contributed by atoms with Gasteiger partial charge in [-0.05, 0) is 18.8 Å². The first kappa shape index (κ1) is 8.50. The van der Waals surface area contributed by atoms with Crippen LogP contribution in [0, 0.1) is 0 Å². The lowest BCUT2D eigenvalue weighted by atomic mass is 10.0. The number of allylic oxidation sites excluding steroid dienone is 1. The van der Waals surface area contributed by atoms with Gasteiger partial charge in [0.05, 0.1) is 0 Å². The maximum Gasteiger partial charge on any atom is 0.276 e. The molecule has 46 valence electrons. The van der Waals surface area contributed by atoms with Crippen LogP contribution in [0.25, 0.3) is 0 Å². The fraction of sp³-hybridized carbons (Fsp3) is 0.600. The van der Waals surface area contributed by atoms with E-state index in [1.807, 2.05) is 29.3 Å². The van der Waals surface area contributed by atoms with Crippen LogP contribution in [0.2, 0.25) is 6.32 Å². The molecule has 0 nitrogen and oxygen atoms in total. The van der Waals surface area contributed by atoms with Crippen molar-refractivity contribution in [3.05, 3.63) is 12.7 Å². The van der Waals surface area contributed by atoms with Gasteiger partial charge in [0, 0.05) is 0 Å². The van der Waals surface area contributed by atoms with E-state index >= 15 is 0 Å². The van der Waals surface area contributed by atoms with E-state index in [1.165, 1.54) is 0 Å². The van der Waals surface area contributed by atoms with E-state index < -0.39 is 0 Å². The molecule has 0 saturated heterocycles. The molecule has 0 aromatic heterocycles. The van der Waals surface area contributed by atoms with Gasteiger partial charge < -0.3 is 0 Å². The van der Waals surface area contributed by atoms with E-state index in [-0.39, 0.29) is 0 Å². The zero-order valence-electron chi connectivity index (χ0n) is 5.39. The molecule has 0 N–H and O–H groups in total. The standard InChI is InChI=1S/C5H11BS2/c1-4-5-6(7-2)8-3/h4H,1,5H2,2-3H3. The third-order valence-electron chi connectivity index (χ3n) is 0.885. The monoisotopic (exact) mass is 146 g/mol. The minimum absolute atomic E-state index is 0.715. The van der Waals surface area contributed by atoms with Crippen LogP contribution in [0.1, 0.15) is 0 Å². The van der Waals surface area contributed by atoms with Crippen molar-refractivity contribution in [2.45, 2.75) is 6.32 Å². The zero-order valence-corrected chi connectivity index (χ0v) is 7.02. The molecular weight excluding hydrogens is 135 g/mol. The molecule has 0 spiro atoms. The molecule has 0 saturated carbocycles. The van der Waals surface area contributed by atoms with E-state index in [2.05, 4.69) is 19.1 Å². The summed E-state index contributed by atoms with van der Waals surface area (Å²) >= 11 is 3.77. The molecule has 0 aromatic rings. The smallest absolute Gasteiger partial charge is 0.198 e. The van der Waals surface area contributed by atoms with Crippen LogP contribution in [0.3, 0.4) is 0 Å². The van der Waals surface area contributed by atoms with Crippen LogP contribution in [0.4, 0.5) is 0 Å². The van der Waals surface area contributed by atoms with Gasteiger partial charge in [-0.25, -0.2) is 0 Å². The van der Waals surface area contributed by atoms with Crippen molar-refractivity contribution in [2.24, 2.45) is 0 Å². The maximum atomic E-state index is 3.67. The Labute approximate surface area is 60.4 Å². The van der Waals surface area contributed by atoms with Crippen molar-refractivity contribution in [1.82, 2.24) is 0 Å². The molecule has 0 heterocycles. The Balaban J connectivity index is 3.20. The van der Waals surface area contributed by atoms with E-state index in [4.69, 9.17) is 0 Å². The number of rotatable bonds is 4. The summed E-state index contributed by atoms with van der Waals surface area (Å²) in [6.45, 7) is 3.67. The van der Waals surface area contributed by atoms with Crippen molar-refractivity contribution in [3.8, 4) is 0 Å². The second-order valence-corrected chi connectivity index (χ2v) is 3.80. The van der Waals surface area contributed by atoms with E-state index in [0.29, 0.717) is 5.27 Å². The summed E-state index contributed by atoms with van der Waals surface area (Å²) in [4.78, 5) is 0. The predicted molar refractivity (Wildman–Crippen MR) is 47.8 cm³/mol. The van der Waals surface area contributed by atoms with Gasteiger partial charge >= 0.3 is 0 Å². The third-order valence-corrected chi connectivity index (χ3v) is 3.48. The first-order valence-electron chi connectivity index (χ1n) is 2.51. The molecule has 0 radical (unpaired) electrons. The molecule has 0 unspecified atom stereocenters. The molecule has 0 fully saturated rings. The van der Waals surface area contributed by atoms with Gasteiger partial charge in [0.1, 0.15) is 0 Å². The first-order chi connectivity index (χ1) is 3.85. The van der Waals surface area contributed by atoms with Crippen LogP contribution in [0.15, 0.2) is 12.7 Å². The molecule has 3 heteroatoms. The Morgan fingerprint density at radius 2 is 2.00 bits per heavy atom. The van der Waals surface area contributed by atoms with Crippen LogP contribution in [0.5, 0.6) is 0 Å². The van der Waals surface area contributed by atoms with Crippen molar-refractivity contribution in [2.75, 3.05) is 12.5 Å². The molecule has 0 aliphatic rings. The molecule has 8 heavy (non-hydrogen) atoms. The molecule has 0 bridgehead atoms. The summed E-state index contributed by atoms with van der Waals surface area (Å²) in [5.74, 6) is 0. The average molecular weight is 146 g/mol. The largest absolute Gasteiger partial charge is 0.276 e. The Hall–Kier alpha value is 0.505. The lowest BCUT2D eigenvalue weighted by Crippen LogP contribution is -1.96. The molecule has 0 aliphatic heterocycles. The van der Waals surface area contributed by atoms with Crippen LogP contribution >= 0.6 is 23.2 Å². The fourth-order valence-electron chi connectivity index (χ4n) is 0.425. The van der Waals surface area contributed by atoms with Crippen molar-refractivity contribution >= 4 is 28.5 Å². The van der Waals surface area contributed by atoms with Crippen LogP contribution in [-0.2, 0) is 0 Å². The Morgan fingerprint density at radius 1 is 1.50 bits per heavy atom. The summed E-state index contributed by atoms with van der Waals surface area (Å²) in [6, 6.07) is 0. The highest BCUT2D eigenvalue weighted by molar-refractivity contribution is 8.53. The van der Waals surface area contributed by atoms with Gasteiger partial charge in [0.15, 0.2) is 0 Å². The van der Waals surface area contributed by atoms with Gasteiger partial charge in [-0.2, -0.15) is 23.2 Å². The molecule has 0 aromatic carbocycles. The highest BCUT2D eigenvalue weighted by atomic mass is 32.2. The Kier molecular flexibility index (Phi) is 5.99. The second-order valence-electron chi connectivity index (χ2n) is 1.43. The van der Waals surface area contributed by atoms with Gasteiger partial charge in [0.25, 0.3) is 5.27 Å². The van der Waals surface area contributed by atoms with Gasteiger partial charge in [0.2, 0.25) is 0 Å². The fourth-order valence-corrected chi connectivity index (χ4v) is 1.85. The Morgan fingerprint density at radius 3 is 2.12 bits per heavy atom. The van der Waals surface area contributed by atoms with E-state index in [1.54, 1.807) is 0 Å². The SMILES string of the molecule is C=CCB(SC)SC. The summed E-state index contributed by atoms with van der Waals surface area (Å²) in [6.07, 6.45) is 7.34. The van der Waals surface area contributed by atoms with Crippen LogP contribution < -0.4 is 0 Å². The maximum absolute atomic E-state index is 3.67. The summed E-state index contributed by atoms with van der Waals surface area (Å²) in [5, 5.41) is 0.715. The lowest BCUT2D eigenvalue weighted by Gasteiger charge is -2.00. The zero-order chi connectivity index (χ0) is 6.41. The normalized spacial score (nSPS) is 8.75. The van der Waals surface area contributed by atoms with Gasteiger partial charge in [-0.15, -0.1) is 6.58 Å². The molecule has 0 aliphatic carbocycles. The van der Waals surface area contributed by atoms with Crippen molar-refractivity contribution < 1.29 is 0 Å². The number of hydrogen-bond acceptors (Lipinski definition) is 2. The van der Waals surface area contributed by atoms with E-state index in [9.17, 15) is 0 Å². The summed E-state index contributed by atoms with van der Waals surface area (Å²) in [5.41, 5.74) is 0. The van der Waals surface area contributed by atoms with Gasteiger partial charge in [-0.3, -0.25) is 0 Å². The van der Waals surface area contributed by atoms with E-state index in [0.717, 1.165) is 6.32 Å². The Bertz CT molecular complexity index is 61.4. The second kappa shape index (κ2) is 5.64. The third kappa shape index (κ3) is 3.50. The van der Waals surface area contributed by atoms with Crippen molar-refractivity contribution in [3.63, 3.8) is 0 Å². The molecule has 0 rings (SSSR count). The molecule has 0 atom stereocenters. The van der Waals surface area contributed by atoms with Crippen molar-refractivity contribution in [1.29, 1.82) is 0 Å². The van der Waals surface area contributed by atoms with Crippen LogP contribution in [-0.4, -0.2) is 17.8 Å². The van der Waals surface area contributed by atoms with Gasteiger partial charge in [-0.1, -0.05) is 6.08 Å². The predicted octanol–water partition coefficient (Wildman–Crippen LogP) is 2.39. The summed E-state index contributed by atoms with van der Waals surface area (Å²) in [7, 11) is 0. The quantitative estimate of drug-likeness (QED) is 0.441. The average Bonchev–Trinajstić information content (AvgIpc) is 1.83. The first-order valence-corrected chi connectivity index (χ1v) is 5.09. The minimum Gasteiger partial charge on any atom is -0.198 e. The topological polar surface area (TPSA) is 0 Å².